The largest absolute Gasteiger partial charge is 0.483 e. The van der Waals surface area contributed by atoms with Crippen LogP contribution in [0.4, 0.5) is 0 Å². The molecule has 3 nitrogen and oxygen atoms in total. The third-order valence-electron chi connectivity index (χ3n) is 10.3. The number of Topliss-reactive ketones (excluding diaryl/α,β-unsaturated/α-hetero) is 1. The summed E-state index contributed by atoms with van der Waals surface area (Å²) in [7, 11) is 0. The van der Waals surface area contributed by atoms with Crippen LogP contribution in [0.2, 0.25) is 0 Å². The lowest BCUT2D eigenvalue weighted by molar-refractivity contribution is -0.134. The first-order valence-corrected chi connectivity index (χ1v) is 12.8. The number of ether oxygens (including phenoxy) is 2. The van der Waals surface area contributed by atoms with Crippen molar-refractivity contribution in [1.29, 1.82) is 0 Å². The Bertz CT molecular complexity index is 828. The lowest BCUT2D eigenvalue weighted by Crippen LogP contribution is -2.44. The number of carbonyl (C=O) groups excluding carboxylic acids is 1. The number of rotatable bonds is 4. The Hall–Kier alpha value is -0.830. The van der Waals surface area contributed by atoms with E-state index in [0.29, 0.717) is 11.7 Å². The van der Waals surface area contributed by atoms with Gasteiger partial charge in [-0.1, -0.05) is 61.8 Å². The number of hydrogen-bond donors (Lipinski definition) is 0. The third-order valence-corrected chi connectivity index (χ3v) is 10.3. The molecule has 5 aliphatic carbocycles. The van der Waals surface area contributed by atoms with Crippen LogP contribution in [0.1, 0.15) is 100 Å². The van der Waals surface area contributed by atoms with Gasteiger partial charge < -0.3 is 9.47 Å². The monoisotopic (exact) mass is 428 g/mol. The van der Waals surface area contributed by atoms with Crippen LogP contribution in [-0.2, 0) is 14.3 Å². The highest BCUT2D eigenvalue weighted by Gasteiger charge is 2.69. The van der Waals surface area contributed by atoms with E-state index in [1.165, 1.54) is 31.3 Å². The van der Waals surface area contributed by atoms with Gasteiger partial charge in [-0.3, -0.25) is 4.79 Å². The van der Waals surface area contributed by atoms with Crippen LogP contribution in [0, 0.1) is 38.9 Å². The molecule has 3 heteroatoms. The summed E-state index contributed by atoms with van der Waals surface area (Å²) in [5.74, 6) is 1.77. The van der Waals surface area contributed by atoms with E-state index in [9.17, 15) is 4.79 Å². The van der Waals surface area contributed by atoms with Gasteiger partial charge in [0.25, 0.3) is 0 Å². The van der Waals surface area contributed by atoms with Crippen molar-refractivity contribution >= 4 is 5.78 Å². The van der Waals surface area contributed by atoms with Gasteiger partial charge in [-0.05, 0) is 66.3 Å². The molecule has 6 atom stereocenters. The first kappa shape index (κ1) is 22.0. The predicted molar refractivity (Wildman–Crippen MR) is 124 cm³/mol. The molecule has 0 saturated heterocycles. The predicted octanol–water partition coefficient (Wildman–Crippen LogP) is 6.70. The summed E-state index contributed by atoms with van der Waals surface area (Å²) in [6.45, 7) is 19.4. The zero-order valence-electron chi connectivity index (χ0n) is 21.2. The summed E-state index contributed by atoms with van der Waals surface area (Å²) in [6.07, 6.45) is 8.03. The molecule has 0 N–H and O–H groups in total. The van der Waals surface area contributed by atoms with Gasteiger partial charge >= 0.3 is 0 Å². The van der Waals surface area contributed by atoms with Crippen molar-refractivity contribution in [3.05, 3.63) is 11.3 Å². The van der Waals surface area contributed by atoms with Crippen LogP contribution in [0.25, 0.3) is 0 Å². The second-order valence-corrected chi connectivity index (χ2v) is 14.4. The minimum atomic E-state index is -0.0189. The molecular formula is C28H44O3. The smallest absolute Gasteiger partial charge is 0.201 e. The van der Waals surface area contributed by atoms with Gasteiger partial charge in [-0.25, -0.2) is 0 Å². The maximum Gasteiger partial charge on any atom is 0.201 e. The van der Waals surface area contributed by atoms with Crippen molar-refractivity contribution in [2.45, 2.75) is 113 Å². The van der Waals surface area contributed by atoms with Crippen LogP contribution < -0.4 is 0 Å². The fourth-order valence-electron chi connectivity index (χ4n) is 8.54. The number of allylic oxidation sites excluding steroid dienone is 2. The van der Waals surface area contributed by atoms with Crippen molar-refractivity contribution in [3.63, 3.8) is 0 Å². The second kappa shape index (κ2) is 6.39. The van der Waals surface area contributed by atoms with E-state index in [1.807, 2.05) is 0 Å². The average Bonchev–Trinajstić information content (AvgIpc) is 3.31. The lowest BCUT2D eigenvalue weighted by atomic mass is 9.70. The molecule has 5 aliphatic rings. The summed E-state index contributed by atoms with van der Waals surface area (Å²) in [4.78, 5) is 13.7. The number of hydrogen-bond acceptors (Lipinski definition) is 3. The van der Waals surface area contributed by atoms with Crippen LogP contribution in [0.3, 0.4) is 0 Å². The van der Waals surface area contributed by atoms with Crippen LogP contribution in [-0.4, -0.2) is 24.6 Å². The van der Waals surface area contributed by atoms with Gasteiger partial charge in [-0.15, -0.1) is 0 Å². The number of ketones is 1. The van der Waals surface area contributed by atoms with Crippen LogP contribution in [0.5, 0.6) is 0 Å². The van der Waals surface area contributed by atoms with Crippen LogP contribution in [0.15, 0.2) is 11.3 Å². The Balaban J connectivity index is 1.51. The first-order valence-electron chi connectivity index (χ1n) is 12.8. The van der Waals surface area contributed by atoms with Gasteiger partial charge in [0.05, 0.1) is 12.7 Å². The molecule has 31 heavy (non-hydrogen) atoms. The van der Waals surface area contributed by atoms with Gasteiger partial charge in [0.1, 0.15) is 6.10 Å². The third kappa shape index (κ3) is 2.90. The topological polar surface area (TPSA) is 35.5 Å². The second-order valence-electron chi connectivity index (χ2n) is 14.4. The zero-order valence-corrected chi connectivity index (χ0v) is 21.2. The fourth-order valence-corrected chi connectivity index (χ4v) is 8.54. The molecule has 0 aromatic rings. The Kier molecular flexibility index (Phi) is 4.53. The maximum absolute atomic E-state index is 13.7. The quantitative estimate of drug-likeness (QED) is 0.499. The molecule has 0 aromatic heterocycles. The Morgan fingerprint density at radius 2 is 1.74 bits per heavy atom. The van der Waals surface area contributed by atoms with Crippen molar-refractivity contribution in [3.8, 4) is 0 Å². The first-order chi connectivity index (χ1) is 14.2. The lowest BCUT2D eigenvalue weighted by Gasteiger charge is -2.40. The molecule has 4 fully saturated rings. The summed E-state index contributed by atoms with van der Waals surface area (Å²) < 4.78 is 13.6. The molecule has 0 unspecified atom stereocenters. The molecule has 5 rings (SSSR count). The molecule has 0 aromatic carbocycles. The molecule has 174 valence electrons. The van der Waals surface area contributed by atoms with E-state index in [2.05, 4.69) is 55.4 Å². The normalized spacial score (nSPS) is 44.8. The minimum absolute atomic E-state index is 0.0189. The molecule has 0 aliphatic heterocycles. The van der Waals surface area contributed by atoms with Crippen molar-refractivity contribution in [2.24, 2.45) is 38.9 Å². The summed E-state index contributed by atoms with van der Waals surface area (Å²) >= 11 is 0. The molecule has 0 radical (unpaired) electrons. The standard InChI is InChI=1S/C28H44O3/c1-24(2,3)16-30-22-18-11-13-27(8,26(18,6)7)23(22)31-21-19-14-25(4,5)15-28(19)12-9-10-17(28)20(21)29/h17-18,22-23H,9-16H2,1-8H3/t17-,18-,22-,23-,27+,28+/m1/s1. The van der Waals surface area contributed by atoms with Gasteiger partial charge in [0, 0.05) is 16.7 Å². The summed E-state index contributed by atoms with van der Waals surface area (Å²) in [6, 6.07) is 0. The maximum atomic E-state index is 13.7. The molecule has 4 saturated carbocycles. The highest BCUT2D eigenvalue weighted by Crippen LogP contribution is 2.70. The SMILES string of the molecule is CC(C)(C)CO[C@@H]1[C@H]2CC[C@@](C)([C@@H]1OC1=C3CC(C)(C)C[C@]34CCC[C@@H]4C1=O)C2(C)C. The molecular weight excluding hydrogens is 384 g/mol. The highest BCUT2D eigenvalue weighted by molar-refractivity contribution is 6.01. The summed E-state index contributed by atoms with van der Waals surface area (Å²) in [5.41, 5.74) is 2.09. The average molecular weight is 429 g/mol. The molecule has 0 amide bonds. The van der Waals surface area contributed by atoms with Crippen molar-refractivity contribution < 1.29 is 14.3 Å². The summed E-state index contributed by atoms with van der Waals surface area (Å²) in [5, 5.41) is 0. The Morgan fingerprint density at radius 1 is 1.03 bits per heavy atom. The van der Waals surface area contributed by atoms with Gasteiger partial charge in [0.2, 0.25) is 5.78 Å². The number of fused-ring (bicyclic) bond motifs is 2. The van der Waals surface area contributed by atoms with Gasteiger partial charge in [0.15, 0.2) is 5.76 Å². The number of carbonyl (C=O) groups is 1. The van der Waals surface area contributed by atoms with E-state index in [1.54, 1.807) is 0 Å². The van der Waals surface area contributed by atoms with E-state index < -0.39 is 0 Å². The Morgan fingerprint density at radius 3 is 2.42 bits per heavy atom. The molecule has 1 spiro atoms. The van der Waals surface area contributed by atoms with E-state index in [0.717, 1.165) is 31.6 Å². The van der Waals surface area contributed by atoms with Gasteiger partial charge in [-0.2, -0.15) is 0 Å². The minimum Gasteiger partial charge on any atom is -0.483 e. The molecule has 2 bridgehead atoms. The van der Waals surface area contributed by atoms with Crippen LogP contribution >= 0.6 is 0 Å². The van der Waals surface area contributed by atoms with Crippen molar-refractivity contribution in [1.82, 2.24) is 0 Å². The fraction of sp³-hybridized carbons (Fsp3) is 0.893. The van der Waals surface area contributed by atoms with E-state index in [-0.39, 0.29) is 45.2 Å². The molecule has 0 heterocycles. The van der Waals surface area contributed by atoms with E-state index >= 15 is 0 Å². The Labute approximate surface area is 189 Å². The van der Waals surface area contributed by atoms with Crippen molar-refractivity contribution in [2.75, 3.05) is 6.61 Å². The zero-order chi connectivity index (χ0) is 22.6. The highest BCUT2D eigenvalue weighted by atomic mass is 16.5. The van der Waals surface area contributed by atoms with E-state index in [4.69, 9.17) is 9.47 Å².